The van der Waals surface area contributed by atoms with Gasteiger partial charge in [0.2, 0.25) is 5.91 Å². The van der Waals surface area contributed by atoms with Gasteiger partial charge in [-0.25, -0.2) is 4.79 Å². The maximum Gasteiger partial charge on any atom is 0.342 e. The van der Waals surface area contributed by atoms with Gasteiger partial charge in [-0.2, -0.15) is 0 Å². The minimum absolute atomic E-state index is 0.0288. The Bertz CT molecular complexity index is 655. The summed E-state index contributed by atoms with van der Waals surface area (Å²) in [5.74, 6) is 0.127. The number of hydrogen-bond donors (Lipinski definition) is 1. The number of ether oxygens (including phenoxy) is 1. The third-order valence-electron chi connectivity index (χ3n) is 5.67. The van der Waals surface area contributed by atoms with Crippen LogP contribution in [0.4, 0.5) is 5.69 Å². The molecule has 1 aliphatic carbocycles. The first-order chi connectivity index (χ1) is 13.3. The summed E-state index contributed by atoms with van der Waals surface area (Å²) >= 11 is 0. The highest BCUT2D eigenvalue weighted by molar-refractivity contribution is 5.97. The number of carbonyl (C=O) groups excluding carboxylic acids is 2. The molecule has 0 aromatic heterocycles. The normalized spacial score (nSPS) is 15.5. The van der Waals surface area contributed by atoms with E-state index in [-0.39, 0.29) is 11.8 Å². The van der Waals surface area contributed by atoms with Gasteiger partial charge in [0.15, 0.2) is 11.4 Å². The molecule has 1 saturated carbocycles. The highest BCUT2D eigenvalue weighted by atomic mass is 16.6. The van der Waals surface area contributed by atoms with Crippen LogP contribution in [0.5, 0.6) is 5.75 Å². The summed E-state index contributed by atoms with van der Waals surface area (Å²) in [6.07, 6.45) is 7.17. The van der Waals surface area contributed by atoms with Gasteiger partial charge in [0.1, 0.15) is 0 Å². The average Bonchev–Trinajstić information content (AvgIpc) is 2.69. The molecule has 1 N–H and O–H groups in total. The van der Waals surface area contributed by atoms with E-state index in [4.69, 9.17) is 4.74 Å². The van der Waals surface area contributed by atoms with Gasteiger partial charge in [-0.1, -0.05) is 58.1 Å². The second kappa shape index (κ2) is 10.1. The molecule has 0 spiro atoms. The van der Waals surface area contributed by atoms with Crippen LogP contribution >= 0.6 is 0 Å². The van der Waals surface area contributed by atoms with Crippen LogP contribution in [0.15, 0.2) is 24.3 Å². The summed E-state index contributed by atoms with van der Waals surface area (Å²) in [6.45, 7) is 7.68. The van der Waals surface area contributed by atoms with Gasteiger partial charge in [-0.15, -0.1) is 0 Å². The Labute approximate surface area is 169 Å². The standard InChI is InChI=1S/C23H35NO4/c1-5-17(6-2)16-24(21(25)18-12-8-7-9-13-18)19-14-10-11-15-20(19)28-22(26)23(3,4)27/h10-11,14-15,17-18,27H,5-9,12-13,16H2,1-4H3. The van der Waals surface area contributed by atoms with Crippen molar-refractivity contribution in [3.8, 4) is 5.75 Å². The van der Waals surface area contributed by atoms with Crippen molar-refractivity contribution in [1.82, 2.24) is 0 Å². The fourth-order valence-electron chi connectivity index (χ4n) is 3.67. The van der Waals surface area contributed by atoms with Crippen molar-refractivity contribution in [2.45, 2.75) is 78.2 Å². The Hall–Kier alpha value is -1.88. The van der Waals surface area contributed by atoms with E-state index in [2.05, 4.69) is 13.8 Å². The summed E-state index contributed by atoms with van der Waals surface area (Å²) in [7, 11) is 0. The van der Waals surface area contributed by atoms with E-state index in [1.54, 1.807) is 12.1 Å². The molecule has 0 unspecified atom stereocenters. The van der Waals surface area contributed by atoms with E-state index in [1.807, 2.05) is 17.0 Å². The molecule has 0 atom stereocenters. The van der Waals surface area contributed by atoms with Crippen molar-refractivity contribution >= 4 is 17.6 Å². The van der Waals surface area contributed by atoms with Gasteiger partial charge in [-0.05, 0) is 44.7 Å². The molecule has 0 aliphatic heterocycles. The van der Waals surface area contributed by atoms with Crippen LogP contribution in [-0.2, 0) is 9.59 Å². The predicted molar refractivity (Wildman–Crippen MR) is 111 cm³/mol. The monoisotopic (exact) mass is 389 g/mol. The van der Waals surface area contributed by atoms with Gasteiger partial charge in [-0.3, -0.25) is 4.79 Å². The molecule has 1 fully saturated rings. The lowest BCUT2D eigenvalue weighted by Gasteiger charge is -2.32. The highest BCUT2D eigenvalue weighted by Crippen LogP contribution is 2.34. The quantitative estimate of drug-likeness (QED) is 0.516. The van der Waals surface area contributed by atoms with E-state index >= 15 is 0 Å². The van der Waals surface area contributed by atoms with Crippen LogP contribution in [-0.4, -0.2) is 29.1 Å². The van der Waals surface area contributed by atoms with Crippen molar-refractivity contribution in [3.05, 3.63) is 24.3 Å². The highest BCUT2D eigenvalue weighted by Gasteiger charge is 2.32. The number of carbonyl (C=O) groups is 2. The molecule has 5 nitrogen and oxygen atoms in total. The first kappa shape index (κ1) is 22.4. The number of anilines is 1. The first-order valence-corrected chi connectivity index (χ1v) is 10.6. The first-order valence-electron chi connectivity index (χ1n) is 10.6. The molecule has 0 heterocycles. The molecule has 1 amide bonds. The Kier molecular flexibility index (Phi) is 8.05. The summed E-state index contributed by atoms with van der Waals surface area (Å²) in [4.78, 5) is 27.5. The van der Waals surface area contributed by atoms with E-state index in [1.165, 1.54) is 20.3 Å². The van der Waals surface area contributed by atoms with Crippen molar-refractivity contribution in [3.63, 3.8) is 0 Å². The molecule has 2 rings (SSSR count). The van der Waals surface area contributed by atoms with Crippen LogP contribution in [0, 0.1) is 11.8 Å². The van der Waals surface area contributed by atoms with Crippen molar-refractivity contribution in [1.29, 1.82) is 0 Å². The lowest BCUT2D eigenvalue weighted by Crippen LogP contribution is -2.41. The van der Waals surface area contributed by atoms with Crippen molar-refractivity contribution in [2.24, 2.45) is 11.8 Å². The summed E-state index contributed by atoms with van der Waals surface area (Å²) in [6, 6.07) is 7.14. The summed E-state index contributed by atoms with van der Waals surface area (Å²) in [5.41, 5.74) is -0.983. The number of hydrogen-bond acceptors (Lipinski definition) is 4. The van der Waals surface area contributed by atoms with E-state index < -0.39 is 11.6 Å². The number of nitrogens with zero attached hydrogens (tertiary/aromatic N) is 1. The summed E-state index contributed by atoms with van der Waals surface area (Å²) < 4.78 is 5.49. The van der Waals surface area contributed by atoms with Crippen LogP contribution in [0.25, 0.3) is 0 Å². The van der Waals surface area contributed by atoms with Gasteiger partial charge >= 0.3 is 5.97 Å². The number of benzene rings is 1. The van der Waals surface area contributed by atoms with Crippen LogP contribution in [0.2, 0.25) is 0 Å². The zero-order valence-corrected chi connectivity index (χ0v) is 17.7. The lowest BCUT2D eigenvalue weighted by atomic mass is 9.87. The molecule has 1 aliphatic rings. The number of aliphatic hydroxyl groups is 1. The Morgan fingerprint density at radius 3 is 2.32 bits per heavy atom. The van der Waals surface area contributed by atoms with Crippen LogP contribution < -0.4 is 9.64 Å². The molecular formula is C23H35NO4. The molecule has 5 heteroatoms. The van der Waals surface area contributed by atoms with Crippen LogP contribution in [0.3, 0.4) is 0 Å². The second-order valence-electron chi connectivity index (χ2n) is 8.38. The second-order valence-corrected chi connectivity index (χ2v) is 8.38. The fraction of sp³-hybridized carbons (Fsp3) is 0.652. The number of rotatable bonds is 8. The largest absolute Gasteiger partial charge is 0.422 e. The Balaban J connectivity index is 2.36. The molecule has 1 aromatic rings. The fourth-order valence-corrected chi connectivity index (χ4v) is 3.67. The molecule has 1 aromatic carbocycles. The maximum absolute atomic E-state index is 13.4. The predicted octanol–water partition coefficient (Wildman–Crippen LogP) is 4.71. The third-order valence-corrected chi connectivity index (χ3v) is 5.67. The SMILES string of the molecule is CCC(CC)CN(C(=O)C1CCCCC1)c1ccccc1OC(=O)C(C)(C)O. The lowest BCUT2D eigenvalue weighted by molar-refractivity contribution is -0.151. The Morgan fingerprint density at radius 1 is 1.14 bits per heavy atom. The average molecular weight is 390 g/mol. The van der Waals surface area contributed by atoms with Crippen molar-refractivity contribution < 1.29 is 19.4 Å². The van der Waals surface area contributed by atoms with Gasteiger partial charge in [0.25, 0.3) is 0 Å². The molecule has 28 heavy (non-hydrogen) atoms. The number of para-hydroxylation sites is 2. The minimum Gasteiger partial charge on any atom is -0.422 e. The number of esters is 1. The maximum atomic E-state index is 13.4. The van der Waals surface area contributed by atoms with E-state index in [9.17, 15) is 14.7 Å². The van der Waals surface area contributed by atoms with Crippen LogP contribution in [0.1, 0.15) is 72.6 Å². The number of amides is 1. The molecule has 0 bridgehead atoms. The zero-order valence-electron chi connectivity index (χ0n) is 17.7. The molecule has 156 valence electrons. The van der Waals surface area contributed by atoms with E-state index in [0.717, 1.165) is 38.5 Å². The van der Waals surface area contributed by atoms with Gasteiger partial charge < -0.3 is 14.7 Å². The third kappa shape index (κ3) is 5.81. The van der Waals surface area contributed by atoms with Gasteiger partial charge in [0, 0.05) is 12.5 Å². The minimum atomic E-state index is -1.60. The zero-order chi connectivity index (χ0) is 20.7. The molecular weight excluding hydrogens is 354 g/mol. The van der Waals surface area contributed by atoms with Gasteiger partial charge in [0.05, 0.1) is 5.69 Å². The Morgan fingerprint density at radius 2 is 1.75 bits per heavy atom. The topological polar surface area (TPSA) is 66.8 Å². The smallest absolute Gasteiger partial charge is 0.342 e. The van der Waals surface area contributed by atoms with E-state index in [0.29, 0.717) is 23.9 Å². The molecule has 0 radical (unpaired) electrons. The molecule has 0 saturated heterocycles. The van der Waals surface area contributed by atoms with Crippen molar-refractivity contribution in [2.75, 3.05) is 11.4 Å². The summed E-state index contributed by atoms with van der Waals surface area (Å²) in [5, 5.41) is 9.96.